The van der Waals surface area contributed by atoms with Crippen molar-refractivity contribution in [3.8, 4) is 5.75 Å². The van der Waals surface area contributed by atoms with Crippen molar-refractivity contribution in [2.24, 2.45) is 0 Å². The van der Waals surface area contributed by atoms with Gasteiger partial charge in [-0.15, -0.1) is 0 Å². The molecule has 0 aromatic heterocycles. The Balaban J connectivity index is 2.15. The van der Waals surface area contributed by atoms with Gasteiger partial charge in [0.2, 0.25) is 0 Å². The Kier molecular flexibility index (Phi) is 4.85. The molecule has 3 heteroatoms. The topological polar surface area (TPSA) is 36.3 Å². The summed E-state index contributed by atoms with van der Waals surface area (Å²) in [5.74, 6) is 0.831. The van der Waals surface area contributed by atoms with Gasteiger partial charge in [0, 0.05) is 19.8 Å². The number of allylic oxidation sites excluding steroid dienone is 5. The van der Waals surface area contributed by atoms with Crippen LogP contribution in [0.2, 0.25) is 0 Å². The molecule has 0 radical (unpaired) electrons. The van der Waals surface area contributed by atoms with Crippen molar-refractivity contribution in [3.63, 3.8) is 0 Å². The molecule has 0 bridgehead atoms. The van der Waals surface area contributed by atoms with Crippen molar-refractivity contribution in [2.75, 3.05) is 26.1 Å². The molecule has 2 aromatic carbocycles. The molecule has 0 spiro atoms. The molecule has 0 saturated heterocycles. The third-order valence-corrected chi connectivity index (χ3v) is 4.20. The van der Waals surface area contributed by atoms with Gasteiger partial charge in [0.25, 0.3) is 0 Å². The molecule has 0 atom stereocenters. The number of rotatable bonds is 4. The van der Waals surface area contributed by atoms with E-state index in [1.54, 1.807) is 7.11 Å². The van der Waals surface area contributed by atoms with Gasteiger partial charge < -0.3 is 15.0 Å². The molecule has 2 aromatic rings. The van der Waals surface area contributed by atoms with Crippen LogP contribution in [-0.4, -0.2) is 26.9 Å². The Labute approximate surface area is 149 Å². The summed E-state index contributed by atoms with van der Waals surface area (Å²) in [5.41, 5.74) is 6.12. The molecule has 25 heavy (non-hydrogen) atoms. The number of hydrogen-bond donors (Lipinski definition) is 1. The maximum Gasteiger partial charge on any atom is 0.119 e. The van der Waals surface area contributed by atoms with Gasteiger partial charge in [0.15, 0.2) is 0 Å². The molecule has 1 aliphatic carbocycles. The highest BCUT2D eigenvalue weighted by molar-refractivity contribution is 6.05. The van der Waals surface area contributed by atoms with E-state index < -0.39 is 0 Å². The molecule has 0 saturated carbocycles. The van der Waals surface area contributed by atoms with E-state index in [9.17, 15) is 0 Å². The maximum atomic E-state index is 7.75. The normalized spacial score (nSPS) is 13.1. The van der Waals surface area contributed by atoms with E-state index >= 15 is 0 Å². The minimum Gasteiger partial charge on any atom is -0.497 e. The third-order valence-electron chi connectivity index (χ3n) is 4.20. The fraction of sp³-hybridized carbons (Fsp3) is 0.136. The maximum absolute atomic E-state index is 7.75. The SMILES string of the molecule is COc1cccc(C(=C2C=CC(=N)C=C2)c2ccc(N(C)C)cc2)c1. The summed E-state index contributed by atoms with van der Waals surface area (Å²) in [6, 6.07) is 16.6. The van der Waals surface area contributed by atoms with Crippen LogP contribution in [-0.2, 0) is 0 Å². The zero-order valence-electron chi connectivity index (χ0n) is 14.8. The second kappa shape index (κ2) is 7.22. The van der Waals surface area contributed by atoms with Gasteiger partial charge in [0.1, 0.15) is 5.75 Å². The minimum atomic E-state index is 0.511. The van der Waals surface area contributed by atoms with Crippen molar-refractivity contribution >= 4 is 17.0 Å². The zero-order valence-corrected chi connectivity index (χ0v) is 14.8. The van der Waals surface area contributed by atoms with Crippen LogP contribution in [0.1, 0.15) is 11.1 Å². The first-order valence-electron chi connectivity index (χ1n) is 8.19. The van der Waals surface area contributed by atoms with Crippen LogP contribution < -0.4 is 9.64 Å². The predicted molar refractivity (Wildman–Crippen MR) is 106 cm³/mol. The zero-order chi connectivity index (χ0) is 17.8. The average molecular weight is 330 g/mol. The van der Waals surface area contributed by atoms with Crippen LogP contribution in [0.15, 0.2) is 78.4 Å². The first kappa shape index (κ1) is 16.8. The second-order valence-electron chi connectivity index (χ2n) is 6.13. The lowest BCUT2D eigenvalue weighted by atomic mass is 9.90. The number of benzene rings is 2. The number of nitrogens with zero attached hydrogens (tertiary/aromatic N) is 1. The largest absolute Gasteiger partial charge is 0.497 e. The summed E-state index contributed by atoms with van der Waals surface area (Å²) in [4.78, 5) is 2.09. The highest BCUT2D eigenvalue weighted by Gasteiger charge is 2.12. The highest BCUT2D eigenvalue weighted by atomic mass is 16.5. The monoisotopic (exact) mass is 330 g/mol. The fourth-order valence-corrected chi connectivity index (χ4v) is 2.84. The molecular weight excluding hydrogens is 308 g/mol. The standard InChI is InChI=1S/C22H22N2O/c1-24(2)20-13-9-17(10-14-20)22(16-7-11-19(23)12-8-16)18-5-4-6-21(15-18)25-3/h4-15,23H,1-3H3. The van der Waals surface area contributed by atoms with E-state index in [2.05, 4.69) is 35.2 Å². The third kappa shape index (κ3) is 3.72. The summed E-state index contributed by atoms with van der Waals surface area (Å²) in [6.07, 6.45) is 7.64. The van der Waals surface area contributed by atoms with E-state index in [1.807, 2.05) is 56.6 Å². The van der Waals surface area contributed by atoms with Crippen molar-refractivity contribution in [2.45, 2.75) is 0 Å². The van der Waals surface area contributed by atoms with Crippen LogP contribution in [0.4, 0.5) is 5.69 Å². The predicted octanol–water partition coefficient (Wildman–Crippen LogP) is 4.71. The average Bonchev–Trinajstić information content (AvgIpc) is 2.64. The Hall–Kier alpha value is -3.07. The summed E-state index contributed by atoms with van der Waals surface area (Å²) < 4.78 is 5.40. The Morgan fingerprint density at radius 3 is 2.16 bits per heavy atom. The molecule has 0 aliphatic heterocycles. The number of hydrogen-bond acceptors (Lipinski definition) is 3. The lowest BCUT2D eigenvalue weighted by molar-refractivity contribution is 0.414. The number of ether oxygens (including phenoxy) is 1. The lowest BCUT2D eigenvalue weighted by Crippen LogP contribution is -2.08. The summed E-state index contributed by atoms with van der Waals surface area (Å²) in [5, 5.41) is 7.75. The molecule has 1 N–H and O–H groups in total. The Morgan fingerprint density at radius 1 is 0.880 bits per heavy atom. The molecule has 0 amide bonds. The minimum absolute atomic E-state index is 0.511. The van der Waals surface area contributed by atoms with Gasteiger partial charge in [-0.3, -0.25) is 0 Å². The van der Waals surface area contributed by atoms with Crippen LogP contribution in [0, 0.1) is 5.41 Å². The number of nitrogens with one attached hydrogen (secondary N) is 1. The Morgan fingerprint density at radius 2 is 1.56 bits per heavy atom. The van der Waals surface area contributed by atoms with E-state index in [4.69, 9.17) is 10.1 Å². The smallest absolute Gasteiger partial charge is 0.119 e. The molecule has 1 aliphatic rings. The first-order valence-corrected chi connectivity index (χ1v) is 8.19. The van der Waals surface area contributed by atoms with E-state index in [-0.39, 0.29) is 0 Å². The lowest BCUT2D eigenvalue weighted by Gasteiger charge is -2.17. The molecule has 126 valence electrons. The van der Waals surface area contributed by atoms with Crippen molar-refractivity contribution in [1.29, 1.82) is 5.41 Å². The second-order valence-corrected chi connectivity index (χ2v) is 6.13. The van der Waals surface area contributed by atoms with Gasteiger partial charge in [-0.2, -0.15) is 0 Å². The van der Waals surface area contributed by atoms with Gasteiger partial charge in [-0.05, 0) is 58.7 Å². The highest BCUT2D eigenvalue weighted by Crippen LogP contribution is 2.32. The van der Waals surface area contributed by atoms with Crippen LogP contribution in [0.3, 0.4) is 0 Å². The molecule has 3 nitrogen and oxygen atoms in total. The van der Waals surface area contributed by atoms with E-state index in [1.165, 1.54) is 0 Å². The summed E-state index contributed by atoms with van der Waals surface area (Å²) >= 11 is 0. The number of methoxy groups -OCH3 is 1. The summed E-state index contributed by atoms with van der Waals surface area (Å²) in [6.45, 7) is 0. The molecule has 0 unspecified atom stereocenters. The molecule has 0 heterocycles. The van der Waals surface area contributed by atoms with Crippen molar-refractivity contribution in [3.05, 3.63) is 89.5 Å². The molecular formula is C22H22N2O. The summed E-state index contributed by atoms with van der Waals surface area (Å²) in [7, 11) is 5.75. The molecule has 3 rings (SSSR count). The van der Waals surface area contributed by atoms with Crippen molar-refractivity contribution < 1.29 is 4.74 Å². The van der Waals surface area contributed by atoms with E-state index in [0.29, 0.717) is 5.71 Å². The first-order chi connectivity index (χ1) is 12.1. The van der Waals surface area contributed by atoms with Gasteiger partial charge in [-0.25, -0.2) is 0 Å². The van der Waals surface area contributed by atoms with Crippen LogP contribution >= 0.6 is 0 Å². The quantitative estimate of drug-likeness (QED) is 0.881. The van der Waals surface area contributed by atoms with Crippen LogP contribution in [0.5, 0.6) is 5.75 Å². The Bertz CT molecular complexity index is 853. The van der Waals surface area contributed by atoms with Gasteiger partial charge in [0.05, 0.1) is 12.8 Å². The fourth-order valence-electron chi connectivity index (χ4n) is 2.84. The molecule has 0 fully saturated rings. The van der Waals surface area contributed by atoms with Crippen LogP contribution in [0.25, 0.3) is 5.57 Å². The van der Waals surface area contributed by atoms with Gasteiger partial charge in [-0.1, -0.05) is 36.4 Å². The van der Waals surface area contributed by atoms with Crippen molar-refractivity contribution in [1.82, 2.24) is 0 Å². The number of anilines is 1. The van der Waals surface area contributed by atoms with E-state index in [0.717, 1.165) is 33.7 Å². The van der Waals surface area contributed by atoms with Gasteiger partial charge >= 0.3 is 0 Å².